The lowest BCUT2D eigenvalue weighted by Crippen LogP contribution is -2.49. The highest BCUT2D eigenvalue weighted by Crippen LogP contribution is 2.44. The molecule has 0 spiro atoms. The maximum atomic E-state index is 15.1. The van der Waals surface area contributed by atoms with Crippen LogP contribution >= 0.6 is 0 Å². The summed E-state index contributed by atoms with van der Waals surface area (Å²) in [6.07, 6.45) is 0. The molecule has 1 aliphatic heterocycles. The molecule has 0 bridgehead atoms. The number of benzene rings is 3. The van der Waals surface area contributed by atoms with Gasteiger partial charge in [0.1, 0.15) is 5.82 Å². The summed E-state index contributed by atoms with van der Waals surface area (Å²) in [6, 6.07) is 15.4. The number of nitrogens with one attached hydrogen (secondary N) is 1. The molecule has 0 saturated carbocycles. The van der Waals surface area contributed by atoms with Crippen LogP contribution in [0.25, 0.3) is 22.4 Å². The molecule has 8 nitrogen and oxygen atoms in total. The summed E-state index contributed by atoms with van der Waals surface area (Å²) < 4.78 is 27.5. The van der Waals surface area contributed by atoms with Crippen molar-refractivity contribution >= 4 is 22.6 Å². The molecule has 0 unspecified atom stereocenters. The van der Waals surface area contributed by atoms with Crippen LogP contribution in [-0.2, 0) is 10.3 Å². The number of methoxy groups -OCH3 is 1. The number of hydrogen-bond acceptors (Lipinski definition) is 6. The average molecular weight is 463 g/mol. The van der Waals surface area contributed by atoms with E-state index in [1.165, 1.54) is 13.2 Å². The zero-order valence-electron chi connectivity index (χ0n) is 18.5. The second-order valence-electron chi connectivity index (χ2n) is 8.42. The molecule has 1 aliphatic rings. The summed E-state index contributed by atoms with van der Waals surface area (Å²) in [4.78, 5) is 17.5. The molecule has 9 heteroatoms. The molecule has 4 aromatic rings. The number of anilines is 1. The zero-order chi connectivity index (χ0) is 24.0. The van der Waals surface area contributed by atoms with Crippen molar-refractivity contribution in [3.8, 4) is 28.6 Å². The molecule has 0 atom stereocenters. The number of nitrogens with zero attached hydrogens (tertiary/aromatic N) is 2. The lowest BCUT2D eigenvalue weighted by atomic mass is 9.98. The first kappa shape index (κ1) is 21.7. The number of hydrogen-bond donors (Lipinski definition) is 3. The Hall–Kier alpha value is -4.11. The number of rotatable bonds is 5. The molecule has 5 rings (SSSR count). The second kappa shape index (κ2) is 8.03. The van der Waals surface area contributed by atoms with Gasteiger partial charge in [0.2, 0.25) is 5.75 Å². The first-order chi connectivity index (χ1) is 16.3. The maximum Gasteiger partial charge on any atom is 0.255 e. The molecule has 1 aromatic heterocycles. The lowest BCUT2D eigenvalue weighted by Gasteiger charge is -2.40. The van der Waals surface area contributed by atoms with Crippen LogP contribution in [0.15, 0.2) is 54.6 Å². The Morgan fingerprint density at radius 2 is 1.88 bits per heavy atom. The number of phenols is 2. The summed E-state index contributed by atoms with van der Waals surface area (Å²) in [5, 5.41) is 23.0. The van der Waals surface area contributed by atoms with Crippen molar-refractivity contribution < 1.29 is 28.9 Å². The maximum absolute atomic E-state index is 15.1. The van der Waals surface area contributed by atoms with E-state index in [9.17, 15) is 15.0 Å². The molecule has 2 heterocycles. The van der Waals surface area contributed by atoms with E-state index in [0.717, 1.165) is 0 Å². The van der Waals surface area contributed by atoms with Gasteiger partial charge >= 0.3 is 0 Å². The molecule has 3 N–H and O–H groups in total. The van der Waals surface area contributed by atoms with Gasteiger partial charge in [0.25, 0.3) is 5.91 Å². The van der Waals surface area contributed by atoms with Crippen molar-refractivity contribution in [3.05, 3.63) is 66.0 Å². The molecular formula is C25H22FN3O5. The minimum Gasteiger partial charge on any atom is -0.502 e. The number of aromatic hydroxyl groups is 2. The van der Waals surface area contributed by atoms with E-state index in [0.29, 0.717) is 35.5 Å². The third-order valence-electron chi connectivity index (χ3n) is 5.95. The van der Waals surface area contributed by atoms with Gasteiger partial charge in [-0.05, 0) is 43.3 Å². The average Bonchev–Trinajstić information content (AvgIpc) is 3.20. The van der Waals surface area contributed by atoms with E-state index < -0.39 is 22.9 Å². The SMILES string of the molecule is COc1cc(-c2nc3ccc(C(=O)Nc4ccccc4)cc3n2C2(C)COC2)c(F)c(O)c1O. The third-order valence-corrected chi connectivity index (χ3v) is 5.95. The highest BCUT2D eigenvalue weighted by Gasteiger charge is 2.39. The minimum atomic E-state index is -1.03. The number of para-hydroxylation sites is 1. The largest absolute Gasteiger partial charge is 0.502 e. The van der Waals surface area contributed by atoms with Crippen molar-refractivity contribution in [2.45, 2.75) is 12.5 Å². The monoisotopic (exact) mass is 463 g/mol. The number of phenolic OH excluding ortho intramolecular Hbond substituents is 2. The number of halogens is 1. The Kier molecular flexibility index (Phi) is 5.13. The molecule has 174 valence electrons. The Labute approximate surface area is 194 Å². The van der Waals surface area contributed by atoms with Crippen LogP contribution in [0.4, 0.5) is 10.1 Å². The topological polar surface area (TPSA) is 106 Å². The standard InChI is InChI=1S/C25H22FN3O5/c1-25(12-34-13-25)29-18-10-14(24(32)27-15-6-4-3-5-7-15)8-9-17(18)28-23(29)16-11-19(33-2)21(30)22(31)20(16)26/h3-11,30-31H,12-13H2,1-2H3,(H,27,32). The van der Waals surface area contributed by atoms with Crippen molar-refractivity contribution in [1.29, 1.82) is 0 Å². The van der Waals surface area contributed by atoms with Crippen molar-refractivity contribution in [3.63, 3.8) is 0 Å². The van der Waals surface area contributed by atoms with Crippen LogP contribution in [0.3, 0.4) is 0 Å². The molecular weight excluding hydrogens is 441 g/mol. The fourth-order valence-corrected chi connectivity index (χ4v) is 4.12. The van der Waals surface area contributed by atoms with Gasteiger partial charge in [-0.2, -0.15) is 0 Å². The minimum absolute atomic E-state index is 0.0493. The number of aromatic nitrogens is 2. The molecule has 3 aromatic carbocycles. The molecule has 0 aliphatic carbocycles. The number of ether oxygens (including phenoxy) is 2. The van der Waals surface area contributed by atoms with Gasteiger partial charge in [-0.1, -0.05) is 18.2 Å². The number of carbonyl (C=O) groups excluding carboxylic acids is 1. The summed E-state index contributed by atoms with van der Waals surface area (Å²) in [5.74, 6) is -2.82. The van der Waals surface area contributed by atoms with Crippen LogP contribution in [0.1, 0.15) is 17.3 Å². The Morgan fingerprint density at radius 1 is 1.15 bits per heavy atom. The summed E-state index contributed by atoms with van der Waals surface area (Å²) in [6.45, 7) is 2.65. The van der Waals surface area contributed by atoms with Gasteiger partial charge in [0.15, 0.2) is 17.3 Å². The van der Waals surface area contributed by atoms with Crippen LogP contribution in [-0.4, -0.2) is 46.0 Å². The van der Waals surface area contributed by atoms with Gasteiger partial charge < -0.3 is 29.6 Å². The van der Waals surface area contributed by atoms with E-state index in [-0.39, 0.29) is 23.0 Å². The van der Waals surface area contributed by atoms with E-state index in [2.05, 4.69) is 10.3 Å². The predicted octanol–water partition coefficient (Wildman–Crippen LogP) is 4.26. The quantitative estimate of drug-likeness (QED) is 0.382. The van der Waals surface area contributed by atoms with Crippen LogP contribution < -0.4 is 10.1 Å². The Bertz CT molecular complexity index is 1410. The third kappa shape index (κ3) is 3.41. The van der Waals surface area contributed by atoms with Gasteiger partial charge in [-0.15, -0.1) is 0 Å². The van der Waals surface area contributed by atoms with E-state index in [1.54, 1.807) is 34.9 Å². The predicted molar refractivity (Wildman–Crippen MR) is 124 cm³/mol. The van der Waals surface area contributed by atoms with Crippen LogP contribution in [0.2, 0.25) is 0 Å². The fraction of sp³-hybridized carbons (Fsp3) is 0.200. The van der Waals surface area contributed by atoms with Gasteiger partial charge in [0, 0.05) is 11.3 Å². The highest BCUT2D eigenvalue weighted by molar-refractivity contribution is 6.06. The van der Waals surface area contributed by atoms with Crippen LogP contribution in [0, 0.1) is 5.82 Å². The Balaban J connectivity index is 1.68. The summed E-state index contributed by atoms with van der Waals surface area (Å²) in [7, 11) is 1.30. The van der Waals surface area contributed by atoms with Crippen molar-refractivity contribution in [1.82, 2.24) is 9.55 Å². The summed E-state index contributed by atoms with van der Waals surface area (Å²) >= 11 is 0. The number of fused-ring (bicyclic) bond motifs is 1. The second-order valence-corrected chi connectivity index (χ2v) is 8.42. The number of carbonyl (C=O) groups is 1. The molecule has 0 radical (unpaired) electrons. The van der Waals surface area contributed by atoms with Crippen molar-refractivity contribution in [2.24, 2.45) is 0 Å². The highest BCUT2D eigenvalue weighted by atomic mass is 19.1. The summed E-state index contributed by atoms with van der Waals surface area (Å²) in [5.41, 5.74) is 1.59. The first-order valence-electron chi connectivity index (χ1n) is 10.6. The van der Waals surface area contributed by atoms with E-state index >= 15 is 4.39 Å². The van der Waals surface area contributed by atoms with Crippen molar-refractivity contribution in [2.75, 3.05) is 25.6 Å². The number of imidazole rings is 1. The molecule has 1 saturated heterocycles. The molecule has 34 heavy (non-hydrogen) atoms. The fourth-order valence-electron chi connectivity index (χ4n) is 4.12. The van der Waals surface area contributed by atoms with E-state index in [4.69, 9.17) is 9.47 Å². The normalized spacial score (nSPS) is 14.6. The van der Waals surface area contributed by atoms with Gasteiger partial charge in [-0.3, -0.25) is 4.79 Å². The lowest BCUT2D eigenvalue weighted by molar-refractivity contribution is -0.0868. The molecule has 1 amide bonds. The van der Waals surface area contributed by atoms with Gasteiger partial charge in [-0.25, -0.2) is 9.37 Å². The smallest absolute Gasteiger partial charge is 0.255 e. The number of amides is 1. The zero-order valence-corrected chi connectivity index (χ0v) is 18.5. The van der Waals surface area contributed by atoms with Gasteiger partial charge in [0.05, 0.1) is 42.5 Å². The van der Waals surface area contributed by atoms with E-state index in [1.807, 2.05) is 25.1 Å². The molecule has 1 fully saturated rings. The Morgan fingerprint density at radius 3 is 2.53 bits per heavy atom. The van der Waals surface area contributed by atoms with Crippen LogP contribution in [0.5, 0.6) is 17.2 Å². The first-order valence-corrected chi connectivity index (χ1v) is 10.6.